The average Bonchev–Trinajstić information content (AvgIpc) is 2.96. The summed E-state index contributed by atoms with van der Waals surface area (Å²) in [5.74, 6) is 2.34. The first kappa shape index (κ1) is 13.8. The van der Waals surface area contributed by atoms with E-state index in [0.717, 1.165) is 6.42 Å². The molecule has 5 heteroatoms. The van der Waals surface area contributed by atoms with Crippen molar-refractivity contribution in [2.45, 2.75) is 39.8 Å². The van der Waals surface area contributed by atoms with Gasteiger partial charge < -0.3 is 8.83 Å². The molecular weight excluding hydrogens is 242 g/mol. The van der Waals surface area contributed by atoms with Crippen molar-refractivity contribution < 1.29 is 8.83 Å². The van der Waals surface area contributed by atoms with Gasteiger partial charge in [-0.05, 0) is 38.4 Å². The Labute approximate surface area is 113 Å². The molecule has 0 fully saturated rings. The van der Waals surface area contributed by atoms with Gasteiger partial charge in [-0.3, -0.25) is 4.90 Å². The first-order valence-corrected chi connectivity index (χ1v) is 6.62. The molecule has 1 unspecified atom stereocenters. The summed E-state index contributed by atoms with van der Waals surface area (Å²) in [4.78, 5) is 2.22. The number of rotatable bonds is 6. The first-order chi connectivity index (χ1) is 9.06. The Morgan fingerprint density at radius 1 is 1.26 bits per heavy atom. The molecular formula is C14H21N3O2. The molecule has 2 aromatic heterocycles. The molecule has 0 saturated heterocycles. The summed E-state index contributed by atoms with van der Waals surface area (Å²) in [6.45, 7) is 7.32. The van der Waals surface area contributed by atoms with Crippen LogP contribution in [0.2, 0.25) is 0 Å². The van der Waals surface area contributed by atoms with Gasteiger partial charge in [-0.2, -0.15) is 0 Å². The van der Waals surface area contributed by atoms with Crippen molar-refractivity contribution in [1.82, 2.24) is 15.1 Å². The van der Waals surface area contributed by atoms with Crippen LogP contribution in [0.3, 0.4) is 0 Å². The summed E-state index contributed by atoms with van der Waals surface area (Å²) < 4.78 is 10.8. The zero-order valence-corrected chi connectivity index (χ0v) is 12.0. The Morgan fingerprint density at radius 2 is 2.05 bits per heavy atom. The van der Waals surface area contributed by atoms with Gasteiger partial charge in [-0.1, -0.05) is 13.8 Å². The van der Waals surface area contributed by atoms with Crippen LogP contribution in [0.1, 0.15) is 33.1 Å². The van der Waals surface area contributed by atoms with Gasteiger partial charge in [0.25, 0.3) is 5.89 Å². The molecule has 0 aliphatic carbocycles. The van der Waals surface area contributed by atoms with Crippen LogP contribution < -0.4 is 0 Å². The molecule has 0 bridgehead atoms. The lowest BCUT2D eigenvalue weighted by molar-refractivity contribution is 0.202. The van der Waals surface area contributed by atoms with Crippen LogP contribution in [0.25, 0.3) is 11.7 Å². The second kappa shape index (κ2) is 6.02. The van der Waals surface area contributed by atoms with Gasteiger partial charge in [0, 0.05) is 6.04 Å². The summed E-state index contributed by atoms with van der Waals surface area (Å²) in [6, 6.07) is 4.09. The second-order valence-corrected chi connectivity index (χ2v) is 5.37. The number of nitrogens with zero attached hydrogens (tertiary/aromatic N) is 3. The van der Waals surface area contributed by atoms with Gasteiger partial charge in [0.15, 0.2) is 5.76 Å². The zero-order valence-electron chi connectivity index (χ0n) is 12.0. The van der Waals surface area contributed by atoms with Crippen molar-refractivity contribution in [3.8, 4) is 11.7 Å². The maximum Gasteiger partial charge on any atom is 0.283 e. The highest BCUT2D eigenvalue weighted by Crippen LogP contribution is 2.19. The van der Waals surface area contributed by atoms with Crippen LogP contribution >= 0.6 is 0 Å². The van der Waals surface area contributed by atoms with Gasteiger partial charge in [0.05, 0.1) is 12.8 Å². The molecule has 0 aliphatic heterocycles. The molecule has 0 saturated carbocycles. The quantitative estimate of drug-likeness (QED) is 0.801. The number of hydrogen-bond acceptors (Lipinski definition) is 5. The highest BCUT2D eigenvalue weighted by molar-refractivity contribution is 5.42. The van der Waals surface area contributed by atoms with Crippen molar-refractivity contribution in [3.63, 3.8) is 0 Å². The number of furan rings is 1. The molecule has 1 atom stereocenters. The minimum Gasteiger partial charge on any atom is -0.459 e. The Balaban J connectivity index is 1.96. The lowest BCUT2D eigenvalue weighted by Crippen LogP contribution is -2.29. The maximum absolute atomic E-state index is 5.60. The van der Waals surface area contributed by atoms with E-state index in [1.54, 1.807) is 12.3 Å². The summed E-state index contributed by atoms with van der Waals surface area (Å²) in [5, 5.41) is 8.05. The molecule has 5 nitrogen and oxygen atoms in total. The van der Waals surface area contributed by atoms with E-state index < -0.39 is 0 Å². The third kappa shape index (κ3) is 3.67. The SMILES string of the molecule is CC(C)CC(C)N(C)Cc1nnc(-c2ccco2)o1. The summed E-state index contributed by atoms with van der Waals surface area (Å²) in [7, 11) is 2.07. The molecule has 0 amide bonds. The average molecular weight is 263 g/mol. The van der Waals surface area contributed by atoms with Crippen LogP contribution in [0, 0.1) is 5.92 Å². The van der Waals surface area contributed by atoms with E-state index in [1.165, 1.54) is 0 Å². The topological polar surface area (TPSA) is 55.3 Å². The van der Waals surface area contributed by atoms with Crippen LogP contribution in [0.15, 0.2) is 27.2 Å². The zero-order chi connectivity index (χ0) is 13.8. The van der Waals surface area contributed by atoms with Crippen LogP contribution in [-0.2, 0) is 6.54 Å². The molecule has 19 heavy (non-hydrogen) atoms. The summed E-state index contributed by atoms with van der Waals surface area (Å²) in [5.41, 5.74) is 0. The Hall–Kier alpha value is -1.62. The highest BCUT2D eigenvalue weighted by atomic mass is 16.4. The van der Waals surface area contributed by atoms with Gasteiger partial charge in [0.2, 0.25) is 5.89 Å². The monoisotopic (exact) mass is 263 g/mol. The van der Waals surface area contributed by atoms with E-state index >= 15 is 0 Å². The predicted molar refractivity (Wildman–Crippen MR) is 72.4 cm³/mol. The Kier molecular flexibility index (Phi) is 4.37. The van der Waals surface area contributed by atoms with Crippen molar-refractivity contribution in [3.05, 3.63) is 24.3 Å². The third-order valence-electron chi connectivity index (χ3n) is 3.15. The van der Waals surface area contributed by atoms with Gasteiger partial charge in [0.1, 0.15) is 0 Å². The lowest BCUT2D eigenvalue weighted by Gasteiger charge is -2.24. The molecule has 0 radical (unpaired) electrons. The van der Waals surface area contributed by atoms with E-state index in [0.29, 0.717) is 36.0 Å². The molecule has 0 aliphatic rings. The maximum atomic E-state index is 5.60. The van der Waals surface area contributed by atoms with E-state index in [-0.39, 0.29) is 0 Å². The predicted octanol–water partition coefficient (Wildman–Crippen LogP) is 3.20. The van der Waals surface area contributed by atoms with Gasteiger partial charge in [-0.25, -0.2) is 0 Å². The Bertz CT molecular complexity index is 491. The van der Waals surface area contributed by atoms with Crippen LogP contribution in [0.5, 0.6) is 0 Å². The summed E-state index contributed by atoms with van der Waals surface area (Å²) >= 11 is 0. The molecule has 0 spiro atoms. The van der Waals surface area contributed by atoms with E-state index in [1.807, 2.05) is 6.07 Å². The molecule has 2 heterocycles. The smallest absolute Gasteiger partial charge is 0.283 e. The van der Waals surface area contributed by atoms with Crippen LogP contribution in [0.4, 0.5) is 0 Å². The number of aromatic nitrogens is 2. The van der Waals surface area contributed by atoms with E-state index in [2.05, 4.69) is 42.9 Å². The normalized spacial score (nSPS) is 13.4. The van der Waals surface area contributed by atoms with Crippen molar-refractivity contribution in [2.75, 3.05) is 7.05 Å². The largest absolute Gasteiger partial charge is 0.459 e. The second-order valence-electron chi connectivity index (χ2n) is 5.37. The van der Waals surface area contributed by atoms with Gasteiger partial charge >= 0.3 is 0 Å². The minimum atomic E-state index is 0.435. The minimum absolute atomic E-state index is 0.435. The molecule has 0 aromatic carbocycles. The molecule has 104 valence electrons. The fourth-order valence-corrected chi connectivity index (χ4v) is 2.05. The summed E-state index contributed by atoms with van der Waals surface area (Å²) in [6.07, 6.45) is 2.74. The van der Waals surface area contributed by atoms with Crippen molar-refractivity contribution in [1.29, 1.82) is 0 Å². The van der Waals surface area contributed by atoms with Crippen molar-refractivity contribution in [2.24, 2.45) is 5.92 Å². The molecule has 2 rings (SSSR count). The molecule has 0 N–H and O–H groups in total. The fraction of sp³-hybridized carbons (Fsp3) is 0.571. The lowest BCUT2D eigenvalue weighted by atomic mass is 10.0. The van der Waals surface area contributed by atoms with E-state index in [9.17, 15) is 0 Å². The third-order valence-corrected chi connectivity index (χ3v) is 3.15. The number of hydrogen-bond donors (Lipinski definition) is 0. The first-order valence-electron chi connectivity index (χ1n) is 6.62. The Morgan fingerprint density at radius 3 is 2.68 bits per heavy atom. The fourth-order valence-electron chi connectivity index (χ4n) is 2.05. The highest BCUT2D eigenvalue weighted by Gasteiger charge is 2.16. The van der Waals surface area contributed by atoms with Gasteiger partial charge in [-0.15, -0.1) is 10.2 Å². The van der Waals surface area contributed by atoms with E-state index in [4.69, 9.17) is 8.83 Å². The van der Waals surface area contributed by atoms with Crippen LogP contribution in [-0.4, -0.2) is 28.2 Å². The van der Waals surface area contributed by atoms with Crippen molar-refractivity contribution >= 4 is 0 Å². The standard InChI is InChI=1S/C14H21N3O2/c1-10(2)8-11(3)17(4)9-13-15-16-14(19-13)12-6-5-7-18-12/h5-7,10-11H,8-9H2,1-4H3. The molecule has 2 aromatic rings.